The second-order valence-electron chi connectivity index (χ2n) is 9.44. The molecule has 0 N–H and O–H groups in total. The molecule has 0 atom stereocenters. The zero-order valence-corrected chi connectivity index (χ0v) is 22.8. The van der Waals surface area contributed by atoms with E-state index in [1.54, 1.807) is 18.3 Å². The molecular formula is C29H30F3N3O4S. The van der Waals surface area contributed by atoms with Crippen molar-refractivity contribution in [1.82, 2.24) is 14.5 Å². The highest BCUT2D eigenvalue weighted by molar-refractivity contribution is 7.89. The number of oxazole rings is 1. The van der Waals surface area contributed by atoms with Crippen molar-refractivity contribution in [3.05, 3.63) is 101 Å². The lowest BCUT2D eigenvalue weighted by atomic mass is 10.1. The van der Waals surface area contributed by atoms with Gasteiger partial charge in [0, 0.05) is 37.7 Å². The fraction of sp³-hybridized carbons (Fsp3) is 0.310. The van der Waals surface area contributed by atoms with Gasteiger partial charge < -0.3 is 13.7 Å². The predicted octanol–water partition coefficient (Wildman–Crippen LogP) is 6.25. The lowest BCUT2D eigenvalue weighted by Gasteiger charge is -2.08. The van der Waals surface area contributed by atoms with E-state index in [9.17, 15) is 21.6 Å². The number of sulfone groups is 1. The van der Waals surface area contributed by atoms with Gasteiger partial charge in [0.15, 0.2) is 9.84 Å². The number of ether oxygens (including phenoxy) is 1. The van der Waals surface area contributed by atoms with E-state index in [0.29, 0.717) is 36.0 Å². The molecule has 0 saturated heterocycles. The molecule has 2 aromatic carbocycles. The molecule has 7 nitrogen and oxygen atoms in total. The molecule has 0 bridgehead atoms. The number of imidazole rings is 1. The minimum Gasteiger partial charge on any atom is -0.493 e. The molecule has 4 aromatic rings. The Balaban J connectivity index is 1.16. The van der Waals surface area contributed by atoms with E-state index < -0.39 is 21.6 Å². The minimum absolute atomic E-state index is 0.0534. The van der Waals surface area contributed by atoms with Crippen molar-refractivity contribution in [1.29, 1.82) is 0 Å². The van der Waals surface area contributed by atoms with Crippen molar-refractivity contribution in [2.75, 3.05) is 12.9 Å². The van der Waals surface area contributed by atoms with Crippen LogP contribution in [0.3, 0.4) is 0 Å². The molecule has 212 valence electrons. The molecule has 2 aromatic heterocycles. The number of halogens is 3. The molecule has 0 amide bonds. The largest absolute Gasteiger partial charge is 0.493 e. The number of rotatable bonds is 13. The first-order valence-electron chi connectivity index (χ1n) is 12.7. The van der Waals surface area contributed by atoms with Crippen LogP contribution in [0.5, 0.6) is 5.75 Å². The number of hydrogen-bond donors (Lipinski definition) is 0. The SMILES string of the molecule is CS(=O)(=O)Cc1nccn1CCCCc1ccc(OCCc2coc(C=Cc3ccc(C(F)(F)F)cc3)n2)cc1. The van der Waals surface area contributed by atoms with Crippen LogP contribution in [0.4, 0.5) is 13.2 Å². The van der Waals surface area contributed by atoms with Gasteiger partial charge in [-0.2, -0.15) is 13.2 Å². The highest BCUT2D eigenvalue weighted by Crippen LogP contribution is 2.29. The number of aryl methyl sites for hydroxylation is 2. The number of unbranched alkanes of at least 4 members (excludes halogenated alkanes) is 1. The van der Waals surface area contributed by atoms with E-state index in [1.165, 1.54) is 30.2 Å². The Hall–Kier alpha value is -3.86. The third kappa shape index (κ3) is 9.11. The molecule has 0 aliphatic heterocycles. The fourth-order valence-electron chi connectivity index (χ4n) is 4.02. The third-order valence-corrected chi connectivity index (χ3v) is 6.87. The molecule has 0 aliphatic carbocycles. The van der Waals surface area contributed by atoms with Crippen LogP contribution >= 0.6 is 0 Å². The first-order chi connectivity index (χ1) is 19.0. The number of aromatic nitrogens is 3. The molecule has 4 rings (SSSR count). The zero-order chi connectivity index (χ0) is 28.6. The highest BCUT2D eigenvalue weighted by atomic mass is 32.2. The maximum atomic E-state index is 12.7. The van der Waals surface area contributed by atoms with Gasteiger partial charge in [0.1, 0.15) is 23.6 Å². The van der Waals surface area contributed by atoms with E-state index in [1.807, 2.05) is 35.0 Å². The topological polar surface area (TPSA) is 87.2 Å². The third-order valence-electron chi connectivity index (χ3n) is 6.08. The van der Waals surface area contributed by atoms with Crippen molar-refractivity contribution in [2.45, 2.75) is 44.2 Å². The van der Waals surface area contributed by atoms with Gasteiger partial charge in [0.25, 0.3) is 0 Å². The number of benzene rings is 2. The van der Waals surface area contributed by atoms with Crippen LogP contribution in [0.15, 0.2) is 71.6 Å². The van der Waals surface area contributed by atoms with E-state index in [2.05, 4.69) is 9.97 Å². The van der Waals surface area contributed by atoms with Crippen LogP contribution in [-0.2, 0) is 41.2 Å². The van der Waals surface area contributed by atoms with Crippen LogP contribution < -0.4 is 4.74 Å². The monoisotopic (exact) mass is 573 g/mol. The van der Waals surface area contributed by atoms with Gasteiger partial charge in [-0.1, -0.05) is 24.3 Å². The van der Waals surface area contributed by atoms with E-state index in [4.69, 9.17) is 9.15 Å². The second kappa shape index (κ2) is 13.0. The fourth-order valence-corrected chi connectivity index (χ4v) is 4.73. The minimum atomic E-state index is -4.36. The summed E-state index contributed by atoms with van der Waals surface area (Å²) in [4.78, 5) is 8.51. The first kappa shape index (κ1) is 29.1. The molecule has 0 aliphatic rings. The standard InChI is InChI=1S/C29H30F3N3O4S/c1-40(36,37)21-27-33-16-18-35(27)17-3-2-4-22-7-12-26(13-8-22)38-19-15-25-20-39-28(34-25)14-9-23-5-10-24(11-6-23)29(30,31)32/h5-14,16,18,20H,2-4,15,17,19,21H2,1H3. The Morgan fingerprint density at radius 1 is 1.00 bits per heavy atom. The van der Waals surface area contributed by atoms with E-state index in [-0.39, 0.29) is 5.75 Å². The van der Waals surface area contributed by atoms with Gasteiger partial charge in [-0.15, -0.1) is 0 Å². The van der Waals surface area contributed by atoms with Crippen molar-refractivity contribution in [3.63, 3.8) is 0 Å². The van der Waals surface area contributed by atoms with Crippen LogP contribution in [0.25, 0.3) is 12.2 Å². The van der Waals surface area contributed by atoms with Crippen LogP contribution in [0.1, 0.15) is 46.9 Å². The van der Waals surface area contributed by atoms with Gasteiger partial charge in [-0.3, -0.25) is 0 Å². The Morgan fingerprint density at radius 2 is 1.75 bits per heavy atom. The first-order valence-corrected chi connectivity index (χ1v) is 14.8. The van der Waals surface area contributed by atoms with E-state index >= 15 is 0 Å². The number of nitrogens with zero attached hydrogens (tertiary/aromatic N) is 3. The zero-order valence-electron chi connectivity index (χ0n) is 22.0. The Labute approximate surface area is 231 Å². The average molecular weight is 574 g/mol. The lowest BCUT2D eigenvalue weighted by Crippen LogP contribution is -2.09. The van der Waals surface area contributed by atoms with Crippen LogP contribution in [0, 0.1) is 0 Å². The van der Waals surface area contributed by atoms with Gasteiger partial charge in [0.05, 0.1) is 17.9 Å². The van der Waals surface area contributed by atoms with Crippen molar-refractivity contribution >= 4 is 22.0 Å². The van der Waals surface area contributed by atoms with Crippen LogP contribution in [0.2, 0.25) is 0 Å². The maximum absolute atomic E-state index is 12.7. The summed E-state index contributed by atoms with van der Waals surface area (Å²) in [6.07, 6.45) is 8.37. The summed E-state index contributed by atoms with van der Waals surface area (Å²) in [7, 11) is -3.12. The normalized spacial score (nSPS) is 12.3. The smallest absolute Gasteiger partial charge is 0.416 e. The molecule has 0 saturated carbocycles. The average Bonchev–Trinajstić information content (AvgIpc) is 3.54. The number of alkyl halides is 3. The van der Waals surface area contributed by atoms with Gasteiger partial charge in [0.2, 0.25) is 5.89 Å². The lowest BCUT2D eigenvalue weighted by molar-refractivity contribution is -0.137. The van der Waals surface area contributed by atoms with Crippen molar-refractivity contribution in [3.8, 4) is 5.75 Å². The Morgan fingerprint density at radius 3 is 2.45 bits per heavy atom. The summed E-state index contributed by atoms with van der Waals surface area (Å²) in [6, 6.07) is 12.8. The summed E-state index contributed by atoms with van der Waals surface area (Å²) in [5.74, 6) is 1.63. The predicted molar refractivity (Wildman–Crippen MR) is 146 cm³/mol. The summed E-state index contributed by atoms with van der Waals surface area (Å²) in [5, 5.41) is 0. The van der Waals surface area contributed by atoms with Gasteiger partial charge in [-0.25, -0.2) is 18.4 Å². The molecule has 0 unspecified atom stereocenters. The maximum Gasteiger partial charge on any atom is 0.416 e. The molecule has 0 fully saturated rings. The second-order valence-corrected chi connectivity index (χ2v) is 11.6. The number of hydrogen-bond acceptors (Lipinski definition) is 6. The molecule has 40 heavy (non-hydrogen) atoms. The van der Waals surface area contributed by atoms with Crippen LogP contribution in [-0.4, -0.2) is 35.8 Å². The molecule has 0 spiro atoms. The summed E-state index contributed by atoms with van der Waals surface area (Å²) >= 11 is 0. The summed E-state index contributed by atoms with van der Waals surface area (Å²) < 4.78 is 74.2. The summed E-state index contributed by atoms with van der Waals surface area (Å²) in [6.45, 7) is 1.13. The van der Waals surface area contributed by atoms with E-state index in [0.717, 1.165) is 43.7 Å². The Bertz CT molecular complexity index is 1510. The molecule has 11 heteroatoms. The Kier molecular flexibility index (Phi) is 9.46. The van der Waals surface area contributed by atoms with Gasteiger partial charge in [-0.05, 0) is 60.7 Å². The van der Waals surface area contributed by atoms with Gasteiger partial charge >= 0.3 is 6.18 Å². The molecular weight excluding hydrogens is 543 g/mol. The molecule has 0 radical (unpaired) electrons. The van der Waals surface area contributed by atoms with Crippen molar-refractivity contribution < 1.29 is 30.7 Å². The molecule has 2 heterocycles. The summed E-state index contributed by atoms with van der Waals surface area (Å²) in [5.41, 5.74) is 1.82. The van der Waals surface area contributed by atoms with Crippen molar-refractivity contribution in [2.24, 2.45) is 0 Å². The quantitative estimate of drug-likeness (QED) is 0.176. The highest BCUT2D eigenvalue weighted by Gasteiger charge is 2.29.